The third-order valence-electron chi connectivity index (χ3n) is 1.62. The van der Waals surface area contributed by atoms with Gasteiger partial charge in [-0.15, -0.1) is 0 Å². The number of benzene rings is 1. The summed E-state index contributed by atoms with van der Waals surface area (Å²) in [4.78, 5) is 7.54. The second-order valence-electron chi connectivity index (χ2n) is 2.90. The Labute approximate surface area is 114 Å². The number of nitrogens with two attached hydrogens (primary N) is 3. The SMILES string of the molecule is N#Cc1cc(Br)cc(Br)c1N=C(N)N=C(N)N. The van der Waals surface area contributed by atoms with Crippen LogP contribution in [-0.2, 0) is 0 Å². The predicted molar refractivity (Wildman–Crippen MR) is 73.6 cm³/mol. The van der Waals surface area contributed by atoms with E-state index in [-0.39, 0.29) is 11.9 Å². The number of aliphatic imine (C=N–C) groups is 2. The Balaban J connectivity index is 3.33. The van der Waals surface area contributed by atoms with Crippen molar-refractivity contribution < 1.29 is 0 Å². The van der Waals surface area contributed by atoms with Crippen molar-refractivity contribution in [3.63, 3.8) is 0 Å². The molecule has 88 valence electrons. The normalized spacial score (nSPS) is 10.8. The Morgan fingerprint density at radius 1 is 1.24 bits per heavy atom. The molecule has 0 atom stereocenters. The lowest BCUT2D eigenvalue weighted by molar-refractivity contribution is 1.35. The van der Waals surface area contributed by atoms with Gasteiger partial charge in [0.05, 0.1) is 11.3 Å². The minimum Gasteiger partial charge on any atom is -0.370 e. The molecule has 0 fully saturated rings. The van der Waals surface area contributed by atoms with Crippen molar-refractivity contribution in [2.24, 2.45) is 27.2 Å². The number of nitrogens with zero attached hydrogens (tertiary/aromatic N) is 3. The topological polar surface area (TPSA) is 127 Å². The maximum absolute atomic E-state index is 8.98. The zero-order valence-electron chi connectivity index (χ0n) is 8.48. The molecule has 0 radical (unpaired) electrons. The van der Waals surface area contributed by atoms with E-state index in [4.69, 9.17) is 22.5 Å². The smallest absolute Gasteiger partial charge is 0.223 e. The van der Waals surface area contributed by atoms with E-state index in [1.54, 1.807) is 12.1 Å². The van der Waals surface area contributed by atoms with Crippen LogP contribution in [0.2, 0.25) is 0 Å². The first kappa shape index (κ1) is 13.5. The van der Waals surface area contributed by atoms with Crippen LogP contribution in [0.5, 0.6) is 0 Å². The molecule has 17 heavy (non-hydrogen) atoms. The number of guanidine groups is 2. The zero-order chi connectivity index (χ0) is 13.0. The minimum absolute atomic E-state index is 0.121. The first-order chi connectivity index (χ1) is 7.93. The van der Waals surface area contributed by atoms with Gasteiger partial charge in [0.1, 0.15) is 6.07 Å². The molecule has 6 nitrogen and oxygen atoms in total. The van der Waals surface area contributed by atoms with Crippen LogP contribution in [0, 0.1) is 11.3 Å². The number of hydrogen-bond donors (Lipinski definition) is 3. The van der Waals surface area contributed by atoms with Gasteiger partial charge in [0.25, 0.3) is 0 Å². The van der Waals surface area contributed by atoms with Gasteiger partial charge < -0.3 is 17.2 Å². The molecule has 6 N–H and O–H groups in total. The second-order valence-corrected chi connectivity index (χ2v) is 4.67. The predicted octanol–water partition coefficient (Wildman–Crippen LogP) is 1.30. The maximum Gasteiger partial charge on any atom is 0.223 e. The number of halogens is 2. The molecule has 0 aliphatic carbocycles. The lowest BCUT2D eigenvalue weighted by Crippen LogP contribution is -2.26. The van der Waals surface area contributed by atoms with Crippen LogP contribution in [0.4, 0.5) is 5.69 Å². The highest BCUT2D eigenvalue weighted by Gasteiger charge is 2.08. The van der Waals surface area contributed by atoms with Crippen LogP contribution in [-0.4, -0.2) is 11.9 Å². The minimum atomic E-state index is -0.196. The van der Waals surface area contributed by atoms with Crippen molar-refractivity contribution >= 4 is 49.5 Å². The second kappa shape index (κ2) is 5.65. The summed E-state index contributed by atoms with van der Waals surface area (Å²) in [5.74, 6) is -0.317. The fraction of sp³-hybridized carbons (Fsp3) is 0. The van der Waals surface area contributed by atoms with Gasteiger partial charge in [-0.3, -0.25) is 0 Å². The molecular formula is C9H8Br2N6. The van der Waals surface area contributed by atoms with Crippen LogP contribution in [0.3, 0.4) is 0 Å². The van der Waals surface area contributed by atoms with Crippen LogP contribution in [0.15, 0.2) is 31.1 Å². The molecule has 0 aromatic heterocycles. The molecule has 0 amide bonds. The lowest BCUT2D eigenvalue weighted by atomic mass is 10.2. The summed E-state index contributed by atoms with van der Waals surface area (Å²) in [6, 6.07) is 5.36. The monoisotopic (exact) mass is 358 g/mol. The van der Waals surface area contributed by atoms with Crippen molar-refractivity contribution in [2.75, 3.05) is 0 Å². The number of nitriles is 1. The third kappa shape index (κ3) is 3.72. The Bertz CT molecular complexity index is 539. The van der Waals surface area contributed by atoms with Gasteiger partial charge in [-0.25, -0.2) is 4.99 Å². The van der Waals surface area contributed by atoms with Crippen LogP contribution < -0.4 is 17.2 Å². The summed E-state index contributed by atoms with van der Waals surface area (Å²) in [6.07, 6.45) is 0. The molecule has 1 aromatic rings. The van der Waals surface area contributed by atoms with Crippen molar-refractivity contribution in [3.05, 3.63) is 26.6 Å². The van der Waals surface area contributed by atoms with Crippen molar-refractivity contribution in [1.82, 2.24) is 0 Å². The summed E-state index contributed by atoms with van der Waals surface area (Å²) in [7, 11) is 0. The highest BCUT2D eigenvalue weighted by atomic mass is 79.9. The summed E-state index contributed by atoms with van der Waals surface area (Å²) in [5, 5.41) is 8.98. The summed E-state index contributed by atoms with van der Waals surface area (Å²) in [5.41, 5.74) is 16.5. The molecule has 0 bridgehead atoms. The number of hydrogen-bond acceptors (Lipinski definition) is 2. The molecule has 0 saturated heterocycles. The van der Waals surface area contributed by atoms with Gasteiger partial charge in [0, 0.05) is 8.95 Å². The standard InChI is InChI=1S/C9H8Br2N6/c10-5-1-4(3-12)7(6(11)2-5)16-9(15)17-8(13)14/h1-2H,(H6,13,14,15,16,17). The third-order valence-corrected chi connectivity index (χ3v) is 2.68. The van der Waals surface area contributed by atoms with E-state index < -0.39 is 0 Å². The van der Waals surface area contributed by atoms with Crippen LogP contribution >= 0.6 is 31.9 Å². The molecule has 1 aromatic carbocycles. The molecule has 0 aliphatic rings. The van der Waals surface area contributed by atoms with E-state index in [2.05, 4.69) is 41.8 Å². The van der Waals surface area contributed by atoms with E-state index in [0.717, 1.165) is 4.47 Å². The largest absolute Gasteiger partial charge is 0.370 e. The Kier molecular flexibility index (Phi) is 4.48. The quantitative estimate of drug-likeness (QED) is 0.515. The van der Waals surface area contributed by atoms with Crippen molar-refractivity contribution in [2.45, 2.75) is 0 Å². The van der Waals surface area contributed by atoms with Crippen molar-refractivity contribution in [1.29, 1.82) is 5.26 Å². The van der Waals surface area contributed by atoms with Crippen molar-refractivity contribution in [3.8, 4) is 6.07 Å². The fourth-order valence-electron chi connectivity index (χ4n) is 1.04. The van der Waals surface area contributed by atoms with Gasteiger partial charge in [-0.2, -0.15) is 10.3 Å². The highest BCUT2D eigenvalue weighted by molar-refractivity contribution is 9.11. The molecular weight excluding hydrogens is 352 g/mol. The highest BCUT2D eigenvalue weighted by Crippen LogP contribution is 2.32. The van der Waals surface area contributed by atoms with Gasteiger partial charge >= 0.3 is 0 Å². The molecule has 0 spiro atoms. The van der Waals surface area contributed by atoms with Crippen LogP contribution in [0.25, 0.3) is 0 Å². The van der Waals surface area contributed by atoms with Gasteiger partial charge in [-0.05, 0) is 28.1 Å². The molecule has 0 aliphatic heterocycles. The van der Waals surface area contributed by atoms with E-state index in [0.29, 0.717) is 15.7 Å². The Morgan fingerprint density at radius 3 is 2.41 bits per heavy atom. The molecule has 0 heterocycles. The average molecular weight is 360 g/mol. The molecule has 8 heteroatoms. The van der Waals surface area contributed by atoms with Gasteiger partial charge in [0.15, 0.2) is 5.96 Å². The summed E-state index contributed by atoms with van der Waals surface area (Å²) < 4.78 is 1.36. The summed E-state index contributed by atoms with van der Waals surface area (Å²) in [6.45, 7) is 0. The first-order valence-electron chi connectivity index (χ1n) is 4.27. The summed E-state index contributed by atoms with van der Waals surface area (Å²) >= 11 is 6.54. The zero-order valence-corrected chi connectivity index (χ0v) is 11.7. The number of rotatable bonds is 1. The Morgan fingerprint density at radius 2 is 1.88 bits per heavy atom. The van der Waals surface area contributed by atoms with E-state index in [1.165, 1.54) is 0 Å². The van der Waals surface area contributed by atoms with Crippen LogP contribution in [0.1, 0.15) is 5.56 Å². The van der Waals surface area contributed by atoms with Gasteiger partial charge in [-0.1, -0.05) is 15.9 Å². The average Bonchev–Trinajstić information content (AvgIpc) is 2.20. The molecule has 1 rings (SSSR count). The molecule has 0 unspecified atom stereocenters. The van der Waals surface area contributed by atoms with E-state index >= 15 is 0 Å². The fourth-order valence-corrected chi connectivity index (χ4v) is 2.35. The molecule has 0 saturated carbocycles. The first-order valence-corrected chi connectivity index (χ1v) is 5.85. The van der Waals surface area contributed by atoms with E-state index in [1.807, 2.05) is 6.07 Å². The van der Waals surface area contributed by atoms with Gasteiger partial charge in [0.2, 0.25) is 5.96 Å². The van der Waals surface area contributed by atoms with E-state index in [9.17, 15) is 0 Å². The Hall–Kier alpha value is -1.59. The maximum atomic E-state index is 8.98. The lowest BCUT2D eigenvalue weighted by Gasteiger charge is -2.03.